The maximum atomic E-state index is 11.4. The molecule has 0 bridgehead atoms. The van der Waals surface area contributed by atoms with Gasteiger partial charge < -0.3 is 9.88 Å². The Balaban J connectivity index is 2.09. The van der Waals surface area contributed by atoms with Gasteiger partial charge in [-0.05, 0) is 37.1 Å². The van der Waals surface area contributed by atoms with Crippen molar-refractivity contribution in [3.05, 3.63) is 65.5 Å². The van der Waals surface area contributed by atoms with Crippen LogP contribution in [0.2, 0.25) is 0 Å². The van der Waals surface area contributed by atoms with Crippen LogP contribution in [0.4, 0.5) is 0 Å². The summed E-state index contributed by atoms with van der Waals surface area (Å²) < 4.78 is 2.19. The second-order valence-electron chi connectivity index (χ2n) is 5.89. The number of amides is 1. The Morgan fingerprint density at radius 3 is 2.61 bits per heavy atom. The molecule has 0 aliphatic carbocycles. The van der Waals surface area contributed by atoms with Crippen LogP contribution in [0.25, 0.3) is 11.0 Å². The third kappa shape index (κ3) is 3.11. The van der Waals surface area contributed by atoms with Crippen LogP contribution in [0.3, 0.4) is 0 Å². The number of rotatable bonds is 4. The van der Waals surface area contributed by atoms with Gasteiger partial charge in [0.15, 0.2) is 0 Å². The minimum Gasteiger partial charge on any atom is -0.347 e. The van der Waals surface area contributed by atoms with Crippen molar-refractivity contribution in [1.29, 1.82) is 0 Å². The average Bonchev–Trinajstić information content (AvgIpc) is 2.88. The number of nitrogens with zero attached hydrogens (tertiary/aromatic N) is 2. The molecule has 1 amide bonds. The van der Waals surface area contributed by atoms with Gasteiger partial charge in [0, 0.05) is 13.5 Å². The lowest BCUT2D eigenvalue weighted by Crippen LogP contribution is -2.26. The van der Waals surface area contributed by atoms with Crippen LogP contribution in [-0.2, 0) is 11.3 Å². The van der Waals surface area contributed by atoms with Crippen molar-refractivity contribution in [2.75, 3.05) is 0 Å². The minimum atomic E-state index is -0.135. The molecule has 0 saturated carbocycles. The predicted molar refractivity (Wildman–Crippen MR) is 92.2 cm³/mol. The summed E-state index contributed by atoms with van der Waals surface area (Å²) in [4.78, 5) is 16.2. The molecule has 1 N–H and O–H groups in total. The Morgan fingerprint density at radius 2 is 1.87 bits per heavy atom. The maximum Gasteiger partial charge on any atom is 0.217 e. The number of hydrogen-bond acceptors (Lipinski definition) is 2. The second kappa shape index (κ2) is 6.24. The minimum absolute atomic E-state index is 0.0491. The van der Waals surface area contributed by atoms with Gasteiger partial charge in [-0.2, -0.15) is 0 Å². The molecule has 2 aromatic carbocycles. The third-order valence-corrected chi connectivity index (χ3v) is 4.08. The lowest BCUT2D eigenvalue weighted by molar-refractivity contribution is -0.119. The van der Waals surface area contributed by atoms with Gasteiger partial charge in [0.1, 0.15) is 5.82 Å². The first-order valence-electron chi connectivity index (χ1n) is 7.83. The Morgan fingerprint density at radius 1 is 1.17 bits per heavy atom. The Bertz CT molecular complexity index is 851. The summed E-state index contributed by atoms with van der Waals surface area (Å²) in [6.45, 7) is 6.36. The molecule has 0 radical (unpaired) electrons. The number of carbonyl (C=O) groups excluding carboxylic acids is 1. The van der Waals surface area contributed by atoms with Gasteiger partial charge in [0.2, 0.25) is 5.91 Å². The van der Waals surface area contributed by atoms with Crippen molar-refractivity contribution in [2.45, 2.75) is 33.4 Å². The van der Waals surface area contributed by atoms with Gasteiger partial charge in [-0.1, -0.05) is 36.4 Å². The molecular formula is C19H21N3O. The lowest BCUT2D eigenvalue weighted by Gasteiger charge is -2.16. The van der Waals surface area contributed by atoms with E-state index >= 15 is 0 Å². The highest BCUT2D eigenvalue weighted by molar-refractivity contribution is 5.77. The normalized spacial score (nSPS) is 12.3. The highest BCUT2D eigenvalue weighted by atomic mass is 16.1. The third-order valence-electron chi connectivity index (χ3n) is 4.08. The van der Waals surface area contributed by atoms with Crippen LogP contribution in [0, 0.1) is 6.92 Å². The fourth-order valence-electron chi connectivity index (χ4n) is 2.92. The van der Waals surface area contributed by atoms with Crippen molar-refractivity contribution in [2.24, 2.45) is 0 Å². The fourth-order valence-corrected chi connectivity index (χ4v) is 2.92. The molecule has 4 heteroatoms. The Kier molecular flexibility index (Phi) is 4.15. The number of imidazole rings is 1. The number of aryl methyl sites for hydroxylation is 1. The number of nitrogens with one attached hydrogen (secondary N) is 1. The molecule has 0 fully saturated rings. The zero-order chi connectivity index (χ0) is 16.4. The smallest absolute Gasteiger partial charge is 0.217 e. The van der Waals surface area contributed by atoms with Gasteiger partial charge >= 0.3 is 0 Å². The maximum absolute atomic E-state index is 11.4. The summed E-state index contributed by atoms with van der Waals surface area (Å²) in [5, 5.41) is 2.94. The number of carbonyl (C=O) groups is 1. The van der Waals surface area contributed by atoms with Crippen LogP contribution in [0.1, 0.15) is 36.8 Å². The summed E-state index contributed by atoms with van der Waals surface area (Å²) in [7, 11) is 0. The molecule has 1 atom stereocenters. The van der Waals surface area contributed by atoms with E-state index in [-0.39, 0.29) is 11.9 Å². The van der Waals surface area contributed by atoms with Gasteiger partial charge in [0.05, 0.1) is 17.1 Å². The zero-order valence-corrected chi connectivity index (χ0v) is 13.7. The van der Waals surface area contributed by atoms with Gasteiger partial charge in [-0.3, -0.25) is 4.79 Å². The molecule has 0 spiro atoms. The number of aromatic nitrogens is 2. The summed E-state index contributed by atoms with van der Waals surface area (Å²) in [5.74, 6) is 0.830. The molecular weight excluding hydrogens is 286 g/mol. The van der Waals surface area contributed by atoms with Gasteiger partial charge in [0.25, 0.3) is 0 Å². The molecule has 0 saturated heterocycles. The van der Waals surface area contributed by atoms with E-state index in [0.717, 1.165) is 23.4 Å². The van der Waals surface area contributed by atoms with Crippen LogP contribution < -0.4 is 5.32 Å². The Hall–Kier alpha value is -2.62. The van der Waals surface area contributed by atoms with E-state index in [1.165, 1.54) is 18.1 Å². The van der Waals surface area contributed by atoms with Crippen molar-refractivity contribution in [3.8, 4) is 0 Å². The summed E-state index contributed by atoms with van der Waals surface area (Å²) >= 11 is 0. The lowest BCUT2D eigenvalue weighted by atomic mass is 10.1. The molecule has 118 valence electrons. The molecule has 4 nitrogen and oxygen atoms in total. The SMILES string of the molecule is CC(=O)NC(C)c1nc2ccccc2n1Cc1ccccc1C. The first kappa shape index (κ1) is 15.3. The number of benzene rings is 2. The number of para-hydroxylation sites is 2. The topological polar surface area (TPSA) is 46.9 Å². The molecule has 1 heterocycles. The summed E-state index contributed by atoms with van der Waals surface area (Å²) in [5.41, 5.74) is 4.55. The van der Waals surface area contributed by atoms with Gasteiger partial charge in [-0.25, -0.2) is 4.98 Å². The second-order valence-corrected chi connectivity index (χ2v) is 5.89. The highest BCUT2D eigenvalue weighted by Gasteiger charge is 2.17. The van der Waals surface area contributed by atoms with Crippen LogP contribution >= 0.6 is 0 Å². The van der Waals surface area contributed by atoms with Crippen LogP contribution in [0.15, 0.2) is 48.5 Å². The van der Waals surface area contributed by atoms with E-state index in [1.54, 1.807) is 0 Å². The number of fused-ring (bicyclic) bond motifs is 1. The van der Waals surface area contributed by atoms with E-state index in [2.05, 4.69) is 41.1 Å². The van der Waals surface area contributed by atoms with E-state index in [4.69, 9.17) is 4.98 Å². The van der Waals surface area contributed by atoms with Crippen LogP contribution in [-0.4, -0.2) is 15.5 Å². The molecule has 3 aromatic rings. The van der Waals surface area contributed by atoms with Gasteiger partial charge in [-0.15, -0.1) is 0 Å². The first-order chi connectivity index (χ1) is 11.1. The molecule has 0 aliphatic rings. The molecule has 1 aromatic heterocycles. The predicted octanol–water partition coefficient (Wildman–Crippen LogP) is 3.59. The molecule has 1 unspecified atom stereocenters. The van der Waals surface area contributed by atoms with Crippen LogP contribution in [0.5, 0.6) is 0 Å². The standard InChI is InChI=1S/C19H21N3O/c1-13-8-4-5-9-16(13)12-22-18-11-7-6-10-17(18)21-19(22)14(2)20-15(3)23/h4-11,14H,12H2,1-3H3,(H,20,23). The summed E-state index contributed by atoms with van der Waals surface area (Å²) in [6.07, 6.45) is 0. The van der Waals surface area contributed by atoms with Crippen molar-refractivity contribution in [3.63, 3.8) is 0 Å². The van der Waals surface area contributed by atoms with E-state index in [1.807, 2.05) is 31.2 Å². The van der Waals surface area contributed by atoms with E-state index in [9.17, 15) is 4.79 Å². The van der Waals surface area contributed by atoms with Crippen molar-refractivity contribution >= 4 is 16.9 Å². The molecule has 3 rings (SSSR count). The van der Waals surface area contributed by atoms with Crippen molar-refractivity contribution in [1.82, 2.24) is 14.9 Å². The first-order valence-corrected chi connectivity index (χ1v) is 7.83. The summed E-state index contributed by atoms with van der Waals surface area (Å²) in [6, 6.07) is 16.3. The average molecular weight is 307 g/mol. The highest BCUT2D eigenvalue weighted by Crippen LogP contribution is 2.23. The van der Waals surface area contributed by atoms with E-state index in [0.29, 0.717) is 0 Å². The quantitative estimate of drug-likeness (QED) is 0.800. The monoisotopic (exact) mass is 307 g/mol. The van der Waals surface area contributed by atoms with Crippen molar-refractivity contribution < 1.29 is 4.79 Å². The fraction of sp³-hybridized carbons (Fsp3) is 0.263. The molecule has 23 heavy (non-hydrogen) atoms. The number of hydrogen-bond donors (Lipinski definition) is 1. The molecule has 0 aliphatic heterocycles. The zero-order valence-electron chi connectivity index (χ0n) is 13.7. The Labute approximate surface area is 136 Å². The van der Waals surface area contributed by atoms with E-state index < -0.39 is 0 Å². The largest absolute Gasteiger partial charge is 0.347 e.